The highest BCUT2D eigenvalue weighted by Crippen LogP contribution is 2.35. The molecular formula is C17H25N3. The van der Waals surface area contributed by atoms with Gasteiger partial charge in [0.15, 0.2) is 5.96 Å². The number of rotatable bonds is 2. The Kier molecular flexibility index (Phi) is 3.68. The Labute approximate surface area is 121 Å². The van der Waals surface area contributed by atoms with Crippen molar-refractivity contribution >= 4 is 11.6 Å². The van der Waals surface area contributed by atoms with E-state index in [0.29, 0.717) is 12.0 Å². The normalized spacial score (nSPS) is 30.4. The maximum absolute atomic E-state index is 6.16. The molecular weight excluding hydrogens is 246 g/mol. The Morgan fingerprint density at radius 3 is 2.65 bits per heavy atom. The number of hydrogen-bond donors (Lipinski definition) is 1. The van der Waals surface area contributed by atoms with Gasteiger partial charge in [-0.2, -0.15) is 0 Å². The Balaban J connectivity index is 1.81. The van der Waals surface area contributed by atoms with Gasteiger partial charge in [0, 0.05) is 5.69 Å². The summed E-state index contributed by atoms with van der Waals surface area (Å²) in [5.41, 5.74) is 8.64. The summed E-state index contributed by atoms with van der Waals surface area (Å²) in [4.78, 5) is 6.79. The van der Waals surface area contributed by atoms with Crippen LogP contribution in [-0.4, -0.2) is 18.5 Å². The SMILES string of the molecule is Cc1cccc(N2C(N)=NCC2C2CCC(C)CC2)c1. The first-order valence-corrected chi connectivity index (χ1v) is 7.81. The van der Waals surface area contributed by atoms with Crippen LogP contribution >= 0.6 is 0 Å². The number of nitrogens with zero attached hydrogens (tertiary/aromatic N) is 2. The van der Waals surface area contributed by atoms with E-state index in [0.717, 1.165) is 18.4 Å². The van der Waals surface area contributed by atoms with Gasteiger partial charge in [0.2, 0.25) is 0 Å². The molecule has 1 aromatic rings. The Hall–Kier alpha value is -1.51. The summed E-state index contributed by atoms with van der Waals surface area (Å²) < 4.78 is 0. The van der Waals surface area contributed by atoms with Gasteiger partial charge in [-0.05, 0) is 49.3 Å². The molecule has 1 atom stereocenters. The van der Waals surface area contributed by atoms with Crippen molar-refractivity contribution in [3.05, 3.63) is 29.8 Å². The van der Waals surface area contributed by atoms with Crippen LogP contribution in [0.5, 0.6) is 0 Å². The zero-order valence-electron chi connectivity index (χ0n) is 12.5. The number of guanidine groups is 1. The van der Waals surface area contributed by atoms with Gasteiger partial charge in [-0.25, -0.2) is 0 Å². The second kappa shape index (κ2) is 5.47. The van der Waals surface area contributed by atoms with Crippen molar-refractivity contribution in [3.63, 3.8) is 0 Å². The van der Waals surface area contributed by atoms with Gasteiger partial charge in [0.25, 0.3) is 0 Å². The molecule has 3 rings (SSSR count). The van der Waals surface area contributed by atoms with E-state index in [1.807, 2.05) is 0 Å². The smallest absolute Gasteiger partial charge is 0.196 e. The van der Waals surface area contributed by atoms with E-state index in [1.165, 1.54) is 36.9 Å². The summed E-state index contributed by atoms with van der Waals surface area (Å²) in [6.45, 7) is 5.36. The average Bonchev–Trinajstić information content (AvgIpc) is 2.81. The van der Waals surface area contributed by atoms with Gasteiger partial charge in [-0.15, -0.1) is 0 Å². The molecule has 0 bridgehead atoms. The fourth-order valence-electron chi connectivity index (χ4n) is 3.65. The van der Waals surface area contributed by atoms with Crippen molar-refractivity contribution in [2.45, 2.75) is 45.6 Å². The van der Waals surface area contributed by atoms with Crippen molar-refractivity contribution in [1.29, 1.82) is 0 Å². The monoisotopic (exact) mass is 271 g/mol. The fraction of sp³-hybridized carbons (Fsp3) is 0.588. The summed E-state index contributed by atoms with van der Waals surface area (Å²) in [7, 11) is 0. The van der Waals surface area contributed by atoms with Crippen LogP contribution in [0.3, 0.4) is 0 Å². The van der Waals surface area contributed by atoms with E-state index in [1.54, 1.807) is 0 Å². The molecule has 1 aliphatic carbocycles. The fourth-order valence-corrected chi connectivity index (χ4v) is 3.65. The van der Waals surface area contributed by atoms with Crippen LogP contribution in [0.15, 0.2) is 29.3 Å². The molecule has 3 heteroatoms. The summed E-state index contributed by atoms with van der Waals surface area (Å²) in [5.74, 6) is 2.31. The zero-order valence-corrected chi connectivity index (χ0v) is 12.5. The number of hydrogen-bond acceptors (Lipinski definition) is 3. The third kappa shape index (κ3) is 2.54. The Bertz CT molecular complexity index is 501. The summed E-state index contributed by atoms with van der Waals surface area (Å²) in [6, 6.07) is 9.07. The number of aliphatic imine (C=N–C) groups is 1. The largest absolute Gasteiger partial charge is 0.370 e. The molecule has 20 heavy (non-hydrogen) atoms. The average molecular weight is 271 g/mol. The zero-order chi connectivity index (χ0) is 14.1. The van der Waals surface area contributed by atoms with Crippen molar-refractivity contribution in [1.82, 2.24) is 0 Å². The van der Waals surface area contributed by atoms with E-state index < -0.39 is 0 Å². The molecule has 3 nitrogen and oxygen atoms in total. The maximum Gasteiger partial charge on any atom is 0.196 e. The van der Waals surface area contributed by atoms with Crippen molar-refractivity contribution in [2.75, 3.05) is 11.4 Å². The molecule has 0 spiro atoms. The first-order chi connectivity index (χ1) is 9.65. The van der Waals surface area contributed by atoms with Crippen molar-refractivity contribution in [2.24, 2.45) is 22.6 Å². The number of anilines is 1. The topological polar surface area (TPSA) is 41.6 Å². The Morgan fingerprint density at radius 2 is 1.95 bits per heavy atom. The maximum atomic E-state index is 6.16. The summed E-state index contributed by atoms with van der Waals surface area (Å²) in [5, 5.41) is 0. The minimum absolute atomic E-state index is 0.462. The van der Waals surface area contributed by atoms with Crippen LogP contribution in [0.1, 0.15) is 38.2 Å². The molecule has 1 aromatic carbocycles. The standard InChI is InChI=1S/C17H25N3/c1-12-6-8-14(9-7-12)16-11-19-17(18)20(16)15-5-3-4-13(2)10-15/h3-5,10,12,14,16H,6-9,11H2,1-2H3,(H2,18,19). The highest BCUT2D eigenvalue weighted by Gasteiger charge is 2.35. The first-order valence-electron chi connectivity index (χ1n) is 7.81. The highest BCUT2D eigenvalue weighted by atomic mass is 15.3. The molecule has 1 heterocycles. The molecule has 2 N–H and O–H groups in total. The van der Waals surface area contributed by atoms with E-state index in [9.17, 15) is 0 Å². The van der Waals surface area contributed by atoms with Gasteiger partial charge < -0.3 is 10.6 Å². The molecule has 1 unspecified atom stereocenters. The van der Waals surface area contributed by atoms with E-state index in [-0.39, 0.29) is 0 Å². The van der Waals surface area contributed by atoms with Gasteiger partial charge in [0.05, 0.1) is 12.6 Å². The third-order valence-electron chi connectivity index (χ3n) is 4.90. The lowest BCUT2D eigenvalue weighted by molar-refractivity contribution is 0.261. The quantitative estimate of drug-likeness (QED) is 0.896. The predicted octanol–water partition coefficient (Wildman–Crippen LogP) is 3.32. The molecule has 0 amide bonds. The molecule has 2 aliphatic rings. The van der Waals surface area contributed by atoms with Crippen LogP contribution in [-0.2, 0) is 0 Å². The van der Waals surface area contributed by atoms with Crippen molar-refractivity contribution in [3.8, 4) is 0 Å². The predicted molar refractivity (Wildman–Crippen MR) is 85.1 cm³/mol. The minimum Gasteiger partial charge on any atom is -0.370 e. The first kappa shape index (κ1) is 13.5. The second-order valence-corrected chi connectivity index (χ2v) is 6.50. The van der Waals surface area contributed by atoms with Crippen LogP contribution in [0.2, 0.25) is 0 Å². The third-order valence-corrected chi connectivity index (χ3v) is 4.90. The molecule has 0 radical (unpaired) electrons. The van der Waals surface area contributed by atoms with Gasteiger partial charge in [0.1, 0.15) is 0 Å². The number of benzene rings is 1. The van der Waals surface area contributed by atoms with Gasteiger partial charge in [-0.3, -0.25) is 4.99 Å². The lowest BCUT2D eigenvalue weighted by atomic mass is 9.79. The molecule has 1 saturated carbocycles. The molecule has 0 saturated heterocycles. The van der Waals surface area contributed by atoms with E-state index >= 15 is 0 Å². The number of nitrogens with two attached hydrogens (primary N) is 1. The molecule has 108 valence electrons. The van der Waals surface area contributed by atoms with Crippen LogP contribution in [0.4, 0.5) is 5.69 Å². The van der Waals surface area contributed by atoms with Crippen LogP contribution in [0.25, 0.3) is 0 Å². The number of aryl methyl sites for hydroxylation is 1. The van der Waals surface area contributed by atoms with Gasteiger partial charge >= 0.3 is 0 Å². The van der Waals surface area contributed by atoms with Crippen molar-refractivity contribution < 1.29 is 0 Å². The van der Waals surface area contributed by atoms with E-state index in [2.05, 4.69) is 48.0 Å². The van der Waals surface area contributed by atoms with Crippen LogP contribution in [0, 0.1) is 18.8 Å². The van der Waals surface area contributed by atoms with Gasteiger partial charge in [-0.1, -0.05) is 31.9 Å². The highest BCUT2D eigenvalue weighted by molar-refractivity contribution is 5.97. The summed E-state index contributed by atoms with van der Waals surface area (Å²) in [6.07, 6.45) is 5.33. The molecule has 0 aromatic heterocycles. The lowest BCUT2D eigenvalue weighted by Gasteiger charge is -2.36. The summed E-state index contributed by atoms with van der Waals surface area (Å²) >= 11 is 0. The second-order valence-electron chi connectivity index (χ2n) is 6.50. The molecule has 1 fully saturated rings. The Morgan fingerprint density at radius 1 is 1.20 bits per heavy atom. The minimum atomic E-state index is 0.462. The van der Waals surface area contributed by atoms with Crippen LogP contribution < -0.4 is 10.6 Å². The van der Waals surface area contributed by atoms with E-state index in [4.69, 9.17) is 5.73 Å². The molecule has 1 aliphatic heterocycles. The lowest BCUT2D eigenvalue weighted by Crippen LogP contribution is -2.45.